The van der Waals surface area contributed by atoms with E-state index in [2.05, 4.69) is 10.2 Å². The smallest absolute Gasteiger partial charge is 0.211 e. The van der Waals surface area contributed by atoms with Crippen molar-refractivity contribution in [3.63, 3.8) is 0 Å². The van der Waals surface area contributed by atoms with Crippen LogP contribution in [0, 0.1) is 4.77 Å². The fourth-order valence-electron chi connectivity index (χ4n) is 3.26. The third-order valence-corrected chi connectivity index (χ3v) is 6.00. The Hall–Kier alpha value is -0.770. The van der Waals surface area contributed by atoms with Crippen molar-refractivity contribution in [2.45, 2.75) is 44.2 Å². The van der Waals surface area contributed by atoms with Gasteiger partial charge in [-0.25, -0.2) is 12.7 Å². The fourth-order valence-corrected chi connectivity index (χ4v) is 4.39. The molecule has 0 amide bonds. The molecule has 2 saturated heterocycles. The van der Waals surface area contributed by atoms with E-state index in [0.29, 0.717) is 24.4 Å². The average molecular weight is 346 g/mol. The van der Waals surface area contributed by atoms with Gasteiger partial charge in [0.05, 0.1) is 18.9 Å². The van der Waals surface area contributed by atoms with E-state index in [9.17, 15) is 8.42 Å². The van der Waals surface area contributed by atoms with Gasteiger partial charge in [0, 0.05) is 25.6 Å². The lowest BCUT2D eigenvalue weighted by Crippen LogP contribution is -2.39. The first-order valence-electron chi connectivity index (χ1n) is 7.67. The first-order valence-corrected chi connectivity index (χ1v) is 9.92. The summed E-state index contributed by atoms with van der Waals surface area (Å²) < 4.78 is 33.4. The van der Waals surface area contributed by atoms with Crippen molar-refractivity contribution in [3.05, 3.63) is 10.6 Å². The van der Waals surface area contributed by atoms with E-state index in [-0.39, 0.29) is 12.0 Å². The van der Waals surface area contributed by atoms with E-state index in [1.807, 2.05) is 4.57 Å². The number of aromatic nitrogens is 3. The first-order chi connectivity index (χ1) is 10.4. The minimum Gasteiger partial charge on any atom is -0.376 e. The average Bonchev–Trinajstić information content (AvgIpc) is 3.10. The van der Waals surface area contributed by atoms with E-state index in [1.54, 1.807) is 0 Å². The molecule has 3 heterocycles. The summed E-state index contributed by atoms with van der Waals surface area (Å²) in [5, 5.41) is 7.22. The number of nitrogens with zero attached hydrogens (tertiary/aromatic N) is 3. The highest BCUT2D eigenvalue weighted by Gasteiger charge is 2.30. The zero-order chi connectivity index (χ0) is 15.7. The monoisotopic (exact) mass is 346 g/mol. The SMILES string of the molecule is CS(=O)(=O)N1CCC[C@@H](c2n[nH]c(=S)n2C[C@H]2CCCO2)C1. The number of piperidine rings is 1. The van der Waals surface area contributed by atoms with Gasteiger partial charge >= 0.3 is 0 Å². The summed E-state index contributed by atoms with van der Waals surface area (Å²) in [6, 6.07) is 0. The molecule has 3 rings (SSSR count). The molecule has 22 heavy (non-hydrogen) atoms. The summed E-state index contributed by atoms with van der Waals surface area (Å²) in [6.45, 7) is 2.56. The predicted octanol–water partition coefficient (Wildman–Crippen LogP) is 1.26. The molecule has 0 aromatic carbocycles. The molecular weight excluding hydrogens is 324 g/mol. The van der Waals surface area contributed by atoms with Crippen LogP contribution < -0.4 is 0 Å². The molecule has 1 aromatic rings. The van der Waals surface area contributed by atoms with Crippen LogP contribution in [0.15, 0.2) is 0 Å². The molecule has 2 atom stereocenters. The third kappa shape index (κ3) is 3.42. The van der Waals surface area contributed by atoms with Gasteiger partial charge in [0.1, 0.15) is 5.82 Å². The Morgan fingerprint density at radius 3 is 2.91 bits per heavy atom. The quantitative estimate of drug-likeness (QED) is 0.830. The highest BCUT2D eigenvalue weighted by Crippen LogP contribution is 2.27. The van der Waals surface area contributed by atoms with Gasteiger partial charge in [-0.3, -0.25) is 5.10 Å². The van der Waals surface area contributed by atoms with Gasteiger partial charge in [0.2, 0.25) is 10.0 Å². The Bertz CT molecular complexity index is 676. The zero-order valence-corrected chi connectivity index (χ0v) is 14.3. The lowest BCUT2D eigenvalue weighted by molar-refractivity contribution is 0.0952. The Balaban J connectivity index is 1.80. The lowest BCUT2D eigenvalue weighted by Gasteiger charge is -2.30. The highest BCUT2D eigenvalue weighted by atomic mass is 32.2. The van der Waals surface area contributed by atoms with Gasteiger partial charge in [-0.15, -0.1) is 0 Å². The van der Waals surface area contributed by atoms with Crippen molar-refractivity contribution >= 4 is 22.2 Å². The van der Waals surface area contributed by atoms with E-state index in [1.165, 1.54) is 10.6 Å². The molecule has 0 spiro atoms. The summed E-state index contributed by atoms with van der Waals surface area (Å²) >= 11 is 5.34. The van der Waals surface area contributed by atoms with Gasteiger partial charge in [-0.1, -0.05) is 0 Å². The minimum atomic E-state index is -3.16. The molecule has 2 aliphatic heterocycles. The van der Waals surface area contributed by atoms with Crippen molar-refractivity contribution in [1.29, 1.82) is 0 Å². The lowest BCUT2D eigenvalue weighted by atomic mass is 9.98. The third-order valence-electron chi connectivity index (χ3n) is 4.42. The molecule has 1 N–H and O–H groups in total. The van der Waals surface area contributed by atoms with Crippen LogP contribution in [0.2, 0.25) is 0 Å². The molecule has 0 saturated carbocycles. The summed E-state index contributed by atoms with van der Waals surface area (Å²) in [5.74, 6) is 0.937. The number of H-pyrrole nitrogens is 1. The summed E-state index contributed by atoms with van der Waals surface area (Å²) in [5.41, 5.74) is 0. The van der Waals surface area contributed by atoms with E-state index < -0.39 is 10.0 Å². The van der Waals surface area contributed by atoms with Crippen LogP contribution in [-0.2, 0) is 21.3 Å². The number of hydrogen-bond donors (Lipinski definition) is 1. The molecule has 0 aliphatic carbocycles. The molecule has 1 aromatic heterocycles. The van der Waals surface area contributed by atoms with Gasteiger partial charge in [-0.2, -0.15) is 5.10 Å². The maximum absolute atomic E-state index is 11.8. The molecule has 0 bridgehead atoms. The molecule has 0 unspecified atom stereocenters. The summed E-state index contributed by atoms with van der Waals surface area (Å²) in [7, 11) is -3.16. The number of hydrogen-bond acceptors (Lipinski definition) is 5. The molecule has 124 valence electrons. The number of aromatic amines is 1. The van der Waals surface area contributed by atoms with Crippen LogP contribution in [0.1, 0.15) is 37.4 Å². The standard InChI is InChI=1S/C13H22N4O3S2/c1-22(18,19)16-6-2-4-10(8-16)12-14-15-13(21)17(12)9-11-5-3-7-20-11/h10-11H,2-9H2,1H3,(H,15,21)/t10-,11-/m1/s1. The summed E-state index contributed by atoms with van der Waals surface area (Å²) in [6.07, 6.45) is 5.33. The number of ether oxygens (including phenoxy) is 1. The van der Waals surface area contributed by atoms with E-state index >= 15 is 0 Å². The molecular formula is C13H22N4O3S2. The maximum Gasteiger partial charge on any atom is 0.211 e. The fraction of sp³-hybridized carbons (Fsp3) is 0.846. The van der Waals surface area contributed by atoms with Gasteiger partial charge < -0.3 is 9.30 Å². The van der Waals surface area contributed by atoms with Gasteiger partial charge in [-0.05, 0) is 37.9 Å². The van der Waals surface area contributed by atoms with Crippen molar-refractivity contribution in [2.24, 2.45) is 0 Å². The Kier molecular flexibility index (Phi) is 4.67. The predicted molar refractivity (Wildman–Crippen MR) is 84.8 cm³/mol. The molecule has 7 nitrogen and oxygen atoms in total. The number of sulfonamides is 1. The maximum atomic E-state index is 11.8. The van der Waals surface area contributed by atoms with E-state index in [4.69, 9.17) is 17.0 Å². The van der Waals surface area contributed by atoms with Crippen LogP contribution >= 0.6 is 12.2 Å². The topological polar surface area (TPSA) is 80.2 Å². The largest absolute Gasteiger partial charge is 0.376 e. The van der Waals surface area contributed by atoms with Gasteiger partial charge in [0.25, 0.3) is 0 Å². The normalized spacial score (nSPS) is 27.3. The van der Waals surface area contributed by atoms with Crippen molar-refractivity contribution < 1.29 is 13.2 Å². The Morgan fingerprint density at radius 2 is 2.23 bits per heavy atom. The molecule has 2 aliphatic rings. The number of rotatable bonds is 4. The molecule has 9 heteroatoms. The van der Waals surface area contributed by atoms with Crippen molar-refractivity contribution in [2.75, 3.05) is 26.0 Å². The second-order valence-corrected chi connectivity index (χ2v) is 8.46. The van der Waals surface area contributed by atoms with Crippen LogP contribution in [0.4, 0.5) is 0 Å². The second-order valence-electron chi connectivity index (χ2n) is 6.09. The van der Waals surface area contributed by atoms with E-state index in [0.717, 1.165) is 38.1 Å². The van der Waals surface area contributed by atoms with Crippen LogP contribution in [0.25, 0.3) is 0 Å². The van der Waals surface area contributed by atoms with Crippen molar-refractivity contribution in [1.82, 2.24) is 19.1 Å². The highest BCUT2D eigenvalue weighted by molar-refractivity contribution is 7.88. The first kappa shape index (κ1) is 16.1. The Labute approximate surface area is 135 Å². The van der Waals surface area contributed by atoms with Crippen LogP contribution in [0.5, 0.6) is 0 Å². The Morgan fingerprint density at radius 1 is 1.41 bits per heavy atom. The van der Waals surface area contributed by atoms with Gasteiger partial charge in [0.15, 0.2) is 4.77 Å². The van der Waals surface area contributed by atoms with Crippen LogP contribution in [0.3, 0.4) is 0 Å². The second kappa shape index (κ2) is 6.38. The van der Waals surface area contributed by atoms with Crippen molar-refractivity contribution in [3.8, 4) is 0 Å². The zero-order valence-electron chi connectivity index (χ0n) is 12.7. The molecule has 2 fully saturated rings. The van der Waals surface area contributed by atoms with Crippen LogP contribution in [-0.4, -0.2) is 59.5 Å². The summed E-state index contributed by atoms with van der Waals surface area (Å²) in [4.78, 5) is 0. The number of nitrogens with one attached hydrogen (secondary N) is 1. The minimum absolute atomic E-state index is 0.0813. The molecule has 0 radical (unpaired) electrons.